The first-order valence-corrected chi connectivity index (χ1v) is 4.40. The fraction of sp³-hybridized carbons (Fsp3) is 0.800. The van der Waals surface area contributed by atoms with Crippen LogP contribution in [0.3, 0.4) is 0 Å². The van der Waals surface area contributed by atoms with E-state index in [1.54, 1.807) is 6.92 Å². The number of carbonyl (C=O) groups excluding carboxylic acids is 1. The monoisotopic (exact) mass is 186 g/mol. The van der Waals surface area contributed by atoms with Crippen LogP contribution in [0.15, 0.2) is 5.11 Å². The summed E-state index contributed by atoms with van der Waals surface area (Å²) in [7, 11) is 0. The Labute approximate surface area is 72.5 Å². The van der Waals surface area contributed by atoms with Crippen LogP contribution < -0.4 is 0 Å². The summed E-state index contributed by atoms with van der Waals surface area (Å²) in [6, 6.07) is 0. The van der Waals surface area contributed by atoms with Gasteiger partial charge in [-0.15, -0.1) is 0 Å². The van der Waals surface area contributed by atoms with Gasteiger partial charge in [-0.1, -0.05) is 16.9 Å². The van der Waals surface area contributed by atoms with Crippen LogP contribution in [-0.4, -0.2) is 28.0 Å². The summed E-state index contributed by atoms with van der Waals surface area (Å²) in [5, 5.41) is 3.57. The van der Waals surface area contributed by atoms with Gasteiger partial charge in [0.1, 0.15) is 5.66 Å². The Balaban J connectivity index is 2.28. The first-order valence-electron chi connectivity index (χ1n) is 3.35. The number of thioether (sulfide) groups is 1. The van der Waals surface area contributed by atoms with Crippen LogP contribution in [-0.2, 0) is 4.74 Å². The normalized spacial score (nSPS) is 37.9. The molecule has 0 N–H and O–H groups in total. The minimum atomic E-state index is -0.737. The standard InChI is InChI=1S/C5H6N4O2S/c1-5(7-8-6)2-12-4-9(5)3(10)11-4/h4H,2H2,1H3/t4-,5?/m1/s1. The number of carbonyl (C=O) groups is 1. The van der Waals surface area contributed by atoms with Crippen LogP contribution in [0.25, 0.3) is 10.4 Å². The number of nitrogens with zero attached hydrogens (tertiary/aromatic N) is 4. The Morgan fingerprint density at radius 1 is 2.00 bits per heavy atom. The number of azide groups is 1. The number of rotatable bonds is 1. The molecule has 2 atom stereocenters. The third-order valence-electron chi connectivity index (χ3n) is 1.89. The molecule has 0 aromatic heterocycles. The average Bonchev–Trinajstić information content (AvgIpc) is 2.21. The summed E-state index contributed by atoms with van der Waals surface area (Å²) in [5.74, 6) is 0.591. The van der Waals surface area contributed by atoms with Crippen LogP contribution in [0.4, 0.5) is 4.79 Å². The Morgan fingerprint density at radius 2 is 2.75 bits per heavy atom. The predicted molar refractivity (Wildman–Crippen MR) is 42.1 cm³/mol. The van der Waals surface area contributed by atoms with Crippen LogP contribution in [0.2, 0.25) is 0 Å². The molecule has 64 valence electrons. The maximum Gasteiger partial charge on any atom is 0.416 e. The molecule has 2 aliphatic rings. The van der Waals surface area contributed by atoms with Crippen LogP contribution in [0.5, 0.6) is 0 Å². The molecular weight excluding hydrogens is 180 g/mol. The maximum absolute atomic E-state index is 10.9. The minimum absolute atomic E-state index is 0.243. The van der Waals surface area contributed by atoms with E-state index in [9.17, 15) is 4.79 Å². The summed E-state index contributed by atoms with van der Waals surface area (Å²) in [6.45, 7) is 1.72. The largest absolute Gasteiger partial charge is 0.416 e. The van der Waals surface area contributed by atoms with Gasteiger partial charge in [-0.05, 0) is 12.5 Å². The van der Waals surface area contributed by atoms with Crippen molar-refractivity contribution >= 4 is 17.9 Å². The smallest absolute Gasteiger partial charge is 0.415 e. The van der Waals surface area contributed by atoms with Crippen molar-refractivity contribution < 1.29 is 9.53 Å². The molecule has 0 aromatic carbocycles. The molecule has 1 unspecified atom stereocenters. The number of hydrogen-bond acceptors (Lipinski definition) is 4. The second kappa shape index (κ2) is 2.21. The Hall–Kier alpha value is -1.07. The molecule has 2 heterocycles. The van der Waals surface area contributed by atoms with Gasteiger partial charge in [-0.25, -0.2) is 4.79 Å². The zero-order valence-electron chi connectivity index (χ0n) is 6.30. The molecule has 0 saturated carbocycles. The second-order valence-electron chi connectivity index (χ2n) is 2.78. The highest BCUT2D eigenvalue weighted by molar-refractivity contribution is 8.00. The summed E-state index contributed by atoms with van der Waals surface area (Å²) in [5.41, 5.74) is 7.30. The highest BCUT2D eigenvalue weighted by atomic mass is 32.2. The molecule has 2 rings (SSSR count). The summed E-state index contributed by atoms with van der Waals surface area (Å²) in [4.78, 5) is 15.1. The molecule has 0 aliphatic carbocycles. The van der Waals surface area contributed by atoms with Crippen molar-refractivity contribution in [2.75, 3.05) is 5.75 Å². The highest BCUT2D eigenvalue weighted by Crippen LogP contribution is 2.44. The number of amides is 1. The maximum atomic E-state index is 10.9. The Morgan fingerprint density at radius 3 is 3.33 bits per heavy atom. The van der Waals surface area contributed by atoms with Gasteiger partial charge < -0.3 is 4.74 Å². The molecule has 7 heteroatoms. The fourth-order valence-electron chi connectivity index (χ4n) is 1.24. The van der Waals surface area contributed by atoms with Gasteiger partial charge in [0.05, 0.1) is 0 Å². The lowest BCUT2D eigenvalue weighted by atomic mass is 10.2. The number of hydrogen-bond donors (Lipinski definition) is 0. The van der Waals surface area contributed by atoms with E-state index < -0.39 is 11.8 Å². The van der Waals surface area contributed by atoms with Crippen molar-refractivity contribution in [2.45, 2.75) is 18.1 Å². The summed E-state index contributed by atoms with van der Waals surface area (Å²) >= 11 is 1.46. The van der Waals surface area contributed by atoms with E-state index in [0.717, 1.165) is 0 Å². The van der Waals surface area contributed by atoms with E-state index in [4.69, 9.17) is 10.3 Å². The average molecular weight is 186 g/mol. The van der Waals surface area contributed by atoms with Gasteiger partial charge in [0.25, 0.3) is 0 Å². The molecule has 0 radical (unpaired) electrons. The molecular formula is C5H6N4O2S. The van der Waals surface area contributed by atoms with E-state index in [1.807, 2.05) is 0 Å². The van der Waals surface area contributed by atoms with Crippen LogP contribution in [0, 0.1) is 0 Å². The minimum Gasteiger partial charge on any atom is -0.415 e. The lowest BCUT2D eigenvalue weighted by Crippen LogP contribution is -2.58. The second-order valence-corrected chi connectivity index (χ2v) is 3.80. The van der Waals surface area contributed by atoms with Crippen LogP contribution >= 0.6 is 11.8 Å². The zero-order chi connectivity index (χ0) is 8.77. The van der Waals surface area contributed by atoms with E-state index in [1.165, 1.54) is 16.7 Å². The van der Waals surface area contributed by atoms with Gasteiger partial charge in [-0.3, -0.25) is 4.90 Å². The molecule has 1 amide bonds. The van der Waals surface area contributed by atoms with E-state index in [0.29, 0.717) is 5.75 Å². The van der Waals surface area contributed by atoms with Crippen molar-refractivity contribution in [3.8, 4) is 0 Å². The van der Waals surface area contributed by atoms with Gasteiger partial charge in [-0.2, -0.15) is 0 Å². The molecule has 2 aliphatic heterocycles. The first-order chi connectivity index (χ1) is 5.67. The third-order valence-corrected chi connectivity index (χ3v) is 3.19. The summed E-state index contributed by atoms with van der Waals surface area (Å²) in [6.07, 6.45) is -0.403. The third kappa shape index (κ3) is 0.774. The Kier molecular flexibility index (Phi) is 1.39. The zero-order valence-corrected chi connectivity index (χ0v) is 7.11. The molecule has 12 heavy (non-hydrogen) atoms. The first kappa shape index (κ1) is 7.57. The molecule has 0 aromatic rings. The topological polar surface area (TPSA) is 78.3 Å². The summed E-state index contributed by atoms with van der Waals surface area (Å²) < 4.78 is 4.77. The van der Waals surface area contributed by atoms with Crippen molar-refractivity contribution in [1.82, 2.24) is 4.90 Å². The number of fused-ring (bicyclic) bond motifs is 1. The molecule has 0 spiro atoms. The van der Waals surface area contributed by atoms with Gasteiger partial charge in [0.2, 0.25) is 5.56 Å². The van der Waals surface area contributed by atoms with E-state index in [2.05, 4.69) is 10.0 Å². The van der Waals surface area contributed by atoms with Crippen molar-refractivity contribution in [2.24, 2.45) is 5.11 Å². The van der Waals surface area contributed by atoms with E-state index >= 15 is 0 Å². The SMILES string of the molecule is CC1(N=[N+]=[N-])CS[C@H]2OC(=O)N21. The fourth-order valence-corrected chi connectivity index (χ4v) is 2.50. The van der Waals surface area contributed by atoms with Crippen molar-refractivity contribution in [3.05, 3.63) is 10.4 Å². The van der Waals surface area contributed by atoms with Gasteiger partial charge in [0, 0.05) is 10.7 Å². The number of ether oxygens (including phenoxy) is 1. The molecule has 2 fully saturated rings. The van der Waals surface area contributed by atoms with Gasteiger partial charge >= 0.3 is 6.09 Å². The van der Waals surface area contributed by atoms with Crippen molar-refractivity contribution in [1.29, 1.82) is 0 Å². The lowest BCUT2D eigenvalue weighted by molar-refractivity contribution is -0.0751. The molecule has 6 nitrogen and oxygen atoms in total. The quantitative estimate of drug-likeness (QED) is 0.353. The van der Waals surface area contributed by atoms with Gasteiger partial charge in [0.15, 0.2) is 0 Å². The highest BCUT2D eigenvalue weighted by Gasteiger charge is 2.55. The van der Waals surface area contributed by atoms with Crippen molar-refractivity contribution in [3.63, 3.8) is 0 Å². The Bertz CT molecular complexity index is 289. The predicted octanol–water partition coefficient (Wildman–Crippen LogP) is 1.50. The molecule has 2 saturated heterocycles. The van der Waals surface area contributed by atoms with Crippen LogP contribution in [0.1, 0.15) is 6.92 Å². The molecule has 0 bridgehead atoms. The lowest BCUT2D eigenvalue weighted by Gasteiger charge is -2.39. The van der Waals surface area contributed by atoms with E-state index in [-0.39, 0.29) is 5.56 Å².